The number of anilines is 2. The van der Waals surface area contributed by atoms with Crippen molar-refractivity contribution in [2.75, 3.05) is 62.2 Å². The van der Waals surface area contributed by atoms with Crippen LogP contribution in [0.4, 0.5) is 11.4 Å². The Hall–Kier alpha value is -3.10. The predicted octanol–water partition coefficient (Wildman–Crippen LogP) is 4.56. The molecule has 0 radical (unpaired) electrons. The van der Waals surface area contributed by atoms with Crippen molar-refractivity contribution >= 4 is 33.6 Å². The third kappa shape index (κ3) is 3.92. The van der Waals surface area contributed by atoms with Crippen LogP contribution in [0.3, 0.4) is 0 Å². The summed E-state index contributed by atoms with van der Waals surface area (Å²) in [7, 11) is 0. The van der Waals surface area contributed by atoms with Gasteiger partial charge in [-0.15, -0.1) is 0 Å². The van der Waals surface area contributed by atoms with E-state index in [-0.39, 0.29) is 5.54 Å². The highest BCUT2D eigenvalue weighted by molar-refractivity contribution is 5.90. The lowest BCUT2D eigenvalue weighted by molar-refractivity contribution is 0.111. The van der Waals surface area contributed by atoms with Gasteiger partial charge in [0.2, 0.25) is 0 Å². The average molecular weight is 489 g/mol. The van der Waals surface area contributed by atoms with Gasteiger partial charge in [0, 0.05) is 69.5 Å². The van der Waals surface area contributed by atoms with E-state index in [0.29, 0.717) is 6.04 Å². The first-order valence-electron chi connectivity index (χ1n) is 13.1. The van der Waals surface area contributed by atoms with Gasteiger partial charge in [0.05, 0.1) is 11.4 Å². The highest BCUT2D eigenvalue weighted by Gasteiger charge is 2.35. The fourth-order valence-corrected chi connectivity index (χ4v) is 5.95. The molecule has 2 saturated heterocycles. The first kappa shape index (κ1) is 23.3. The van der Waals surface area contributed by atoms with Crippen molar-refractivity contribution in [1.82, 2.24) is 19.8 Å². The van der Waals surface area contributed by atoms with Crippen LogP contribution in [0.2, 0.25) is 0 Å². The number of benzene rings is 2. The van der Waals surface area contributed by atoms with Crippen molar-refractivity contribution in [2.24, 2.45) is 0 Å². The zero-order valence-corrected chi connectivity index (χ0v) is 21.8. The second-order valence-electron chi connectivity index (χ2n) is 10.8. The summed E-state index contributed by atoms with van der Waals surface area (Å²) < 4.78 is 11.7. The first-order valence-corrected chi connectivity index (χ1v) is 13.1. The fourth-order valence-electron chi connectivity index (χ4n) is 5.95. The zero-order valence-electron chi connectivity index (χ0n) is 21.8. The smallest absolute Gasteiger partial charge is 0.182 e. The molecule has 0 N–H and O–H groups in total. The molecule has 4 heterocycles. The molecule has 4 aromatic rings. The molecule has 2 fully saturated rings. The summed E-state index contributed by atoms with van der Waals surface area (Å²) >= 11 is 0. The van der Waals surface area contributed by atoms with Crippen molar-refractivity contribution < 1.29 is 8.83 Å². The Balaban J connectivity index is 1.21. The molecule has 8 heteroatoms. The molecule has 2 aliphatic heterocycles. The fraction of sp³-hybridized carbons (Fsp3) is 0.500. The maximum atomic E-state index is 6.04. The van der Waals surface area contributed by atoms with Crippen LogP contribution < -0.4 is 9.80 Å². The monoisotopic (exact) mass is 488 g/mol. The standard InChI is InChI=1S/C28H36N6O2/c1-20(2)31-10-12-32(13-11-31)23-9-8-21(26-25(23)30-19-35-26)28(3,4)34-16-14-33(15-17-34)24-7-5-6-22-27(24)36-18-29-22/h5-9,18-20H,10-17H2,1-4H3. The summed E-state index contributed by atoms with van der Waals surface area (Å²) in [5, 5.41) is 0. The second kappa shape index (κ2) is 9.09. The first-order chi connectivity index (χ1) is 17.4. The van der Waals surface area contributed by atoms with Gasteiger partial charge in [0.25, 0.3) is 0 Å². The summed E-state index contributed by atoms with van der Waals surface area (Å²) in [6.45, 7) is 17.1. The van der Waals surface area contributed by atoms with Crippen molar-refractivity contribution in [1.29, 1.82) is 0 Å². The van der Waals surface area contributed by atoms with Gasteiger partial charge in [-0.05, 0) is 45.9 Å². The van der Waals surface area contributed by atoms with E-state index < -0.39 is 0 Å². The SMILES string of the molecule is CC(C)N1CCN(c2ccc(C(C)(C)N3CCN(c4cccc5ncoc45)CC3)c3ocnc23)CC1. The Morgan fingerprint density at radius 1 is 0.750 bits per heavy atom. The molecule has 2 aliphatic rings. The van der Waals surface area contributed by atoms with Gasteiger partial charge in [0.1, 0.15) is 11.0 Å². The quantitative estimate of drug-likeness (QED) is 0.405. The minimum absolute atomic E-state index is 0.184. The van der Waals surface area contributed by atoms with Gasteiger partial charge in [-0.25, -0.2) is 9.97 Å². The number of hydrogen-bond donors (Lipinski definition) is 0. The van der Waals surface area contributed by atoms with Crippen molar-refractivity contribution in [2.45, 2.75) is 39.3 Å². The number of piperazine rings is 2. The van der Waals surface area contributed by atoms with Crippen LogP contribution >= 0.6 is 0 Å². The molecular weight excluding hydrogens is 452 g/mol. The van der Waals surface area contributed by atoms with Gasteiger partial charge in [-0.2, -0.15) is 0 Å². The minimum atomic E-state index is -0.184. The summed E-state index contributed by atoms with van der Waals surface area (Å²) in [6.07, 6.45) is 3.14. The lowest BCUT2D eigenvalue weighted by Crippen LogP contribution is -2.53. The Kier molecular flexibility index (Phi) is 5.88. The van der Waals surface area contributed by atoms with E-state index in [0.717, 1.165) is 80.2 Å². The molecule has 0 amide bonds. The molecule has 2 aromatic heterocycles. The van der Waals surface area contributed by atoms with Crippen LogP contribution in [0.1, 0.15) is 33.3 Å². The Morgan fingerprint density at radius 3 is 2.17 bits per heavy atom. The zero-order chi connectivity index (χ0) is 24.9. The summed E-state index contributed by atoms with van der Waals surface area (Å²) in [5.41, 5.74) is 7.01. The number of aromatic nitrogens is 2. The lowest BCUT2D eigenvalue weighted by Gasteiger charge is -2.45. The minimum Gasteiger partial charge on any atom is -0.443 e. The maximum absolute atomic E-state index is 6.04. The van der Waals surface area contributed by atoms with E-state index in [1.165, 1.54) is 17.6 Å². The molecule has 0 atom stereocenters. The average Bonchev–Trinajstić information content (AvgIpc) is 3.58. The second-order valence-corrected chi connectivity index (χ2v) is 10.8. The van der Waals surface area contributed by atoms with E-state index in [9.17, 15) is 0 Å². The lowest BCUT2D eigenvalue weighted by atomic mass is 9.90. The maximum Gasteiger partial charge on any atom is 0.182 e. The topological polar surface area (TPSA) is 65.0 Å². The highest BCUT2D eigenvalue weighted by Crippen LogP contribution is 2.38. The third-order valence-corrected chi connectivity index (χ3v) is 8.25. The molecule has 0 aliphatic carbocycles. The molecule has 36 heavy (non-hydrogen) atoms. The molecule has 2 aromatic carbocycles. The number of para-hydroxylation sites is 1. The van der Waals surface area contributed by atoms with Crippen molar-refractivity contribution in [3.05, 3.63) is 48.7 Å². The van der Waals surface area contributed by atoms with Crippen LogP contribution in [0.15, 0.2) is 52.0 Å². The summed E-state index contributed by atoms with van der Waals surface area (Å²) in [5.74, 6) is 0. The van der Waals surface area contributed by atoms with Gasteiger partial charge in [-0.1, -0.05) is 12.1 Å². The summed E-state index contributed by atoms with van der Waals surface area (Å²) in [4.78, 5) is 19.0. The Labute approximate surface area is 212 Å². The largest absolute Gasteiger partial charge is 0.443 e. The normalized spacial score (nSPS) is 18.7. The van der Waals surface area contributed by atoms with Gasteiger partial charge >= 0.3 is 0 Å². The third-order valence-electron chi connectivity index (χ3n) is 8.25. The molecule has 190 valence electrons. The number of hydrogen-bond acceptors (Lipinski definition) is 8. The Bertz CT molecular complexity index is 1340. The molecule has 0 spiro atoms. The summed E-state index contributed by atoms with van der Waals surface area (Å²) in [6, 6.07) is 11.3. The van der Waals surface area contributed by atoms with E-state index in [2.05, 4.69) is 81.5 Å². The van der Waals surface area contributed by atoms with Crippen LogP contribution in [0, 0.1) is 0 Å². The molecule has 0 saturated carbocycles. The van der Waals surface area contributed by atoms with Crippen LogP contribution in [0.25, 0.3) is 22.2 Å². The molecule has 0 unspecified atom stereocenters. The predicted molar refractivity (Wildman–Crippen MR) is 144 cm³/mol. The van der Waals surface area contributed by atoms with E-state index in [1.807, 2.05) is 6.07 Å². The highest BCUT2D eigenvalue weighted by atomic mass is 16.3. The van der Waals surface area contributed by atoms with Gasteiger partial charge in [0.15, 0.2) is 24.0 Å². The van der Waals surface area contributed by atoms with Crippen molar-refractivity contribution in [3.63, 3.8) is 0 Å². The van der Waals surface area contributed by atoms with Crippen molar-refractivity contribution in [3.8, 4) is 0 Å². The van der Waals surface area contributed by atoms with Gasteiger partial charge < -0.3 is 18.6 Å². The van der Waals surface area contributed by atoms with Crippen LogP contribution in [0.5, 0.6) is 0 Å². The van der Waals surface area contributed by atoms with E-state index in [1.54, 1.807) is 6.39 Å². The van der Waals surface area contributed by atoms with Crippen LogP contribution in [-0.4, -0.2) is 78.2 Å². The molecule has 8 nitrogen and oxygen atoms in total. The van der Waals surface area contributed by atoms with E-state index >= 15 is 0 Å². The van der Waals surface area contributed by atoms with E-state index in [4.69, 9.17) is 8.83 Å². The number of oxazole rings is 2. The molecule has 0 bridgehead atoms. The Morgan fingerprint density at radius 2 is 1.42 bits per heavy atom. The number of nitrogens with zero attached hydrogens (tertiary/aromatic N) is 6. The van der Waals surface area contributed by atoms with Crippen LogP contribution in [-0.2, 0) is 5.54 Å². The molecule has 6 rings (SSSR count). The molecular formula is C28H36N6O2. The number of rotatable bonds is 5. The number of fused-ring (bicyclic) bond motifs is 2. The van der Waals surface area contributed by atoms with Gasteiger partial charge in [-0.3, -0.25) is 9.80 Å².